The molecule has 1 atom stereocenters. The van der Waals surface area contributed by atoms with E-state index in [1.54, 1.807) is 7.11 Å². The molecule has 1 aromatic rings. The number of benzene rings is 1. The summed E-state index contributed by atoms with van der Waals surface area (Å²) in [5.74, 6) is 0. The van der Waals surface area contributed by atoms with E-state index in [0.29, 0.717) is 6.04 Å². The SMILES string of the molecule is CNC(COC)CN1CCc2ccccc2C1. The lowest BCUT2D eigenvalue weighted by molar-refractivity contribution is 0.136. The van der Waals surface area contributed by atoms with Gasteiger partial charge in [-0.25, -0.2) is 0 Å². The largest absolute Gasteiger partial charge is 0.383 e. The normalized spacial score (nSPS) is 17.8. The summed E-state index contributed by atoms with van der Waals surface area (Å²) in [6.45, 7) is 4.05. The monoisotopic (exact) mass is 234 g/mol. The molecule has 2 rings (SSSR count). The van der Waals surface area contributed by atoms with Crippen LogP contribution in [0.25, 0.3) is 0 Å². The molecule has 1 aromatic carbocycles. The van der Waals surface area contributed by atoms with Gasteiger partial charge in [0.25, 0.3) is 0 Å². The van der Waals surface area contributed by atoms with Gasteiger partial charge in [-0.15, -0.1) is 0 Å². The lowest BCUT2D eigenvalue weighted by Crippen LogP contribution is -2.44. The molecule has 1 aliphatic heterocycles. The molecule has 0 saturated heterocycles. The summed E-state index contributed by atoms with van der Waals surface area (Å²) in [5, 5.41) is 3.31. The number of hydrogen-bond donors (Lipinski definition) is 1. The molecular formula is C14H22N2O. The molecule has 0 bridgehead atoms. The van der Waals surface area contributed by atoms with E-state index in [-0.39, 0.29) is 0 Å². The molecule has 1 N–H and O–H groups in total. The van der Waals surface area contributed by atoms with Gasteiger partial charge < -0.3 is 10.1 Å². The van der Waals surface area contributed by atoms with Gasteiger partial charge in [-0.1, -0.05) is 24.3 Å². The van der Waals surface area contributed by atoms with Crippen LogP contribution >= 0.6 is 0 Å². The fourth-order valence-electron chi connectivity index (χ4n) is 2.45. The Labute approximate surface area is 104 Å². The molecule has 0 spiro atoms. The number of nitrogens with zero attached hydrogens (tertiary/aromatic N) is 1. The first-order valence-electron chi connectivity index (χ1n) is 6.29. The summed E-state index contributed by atoms with van der Waals surface area (Å²) < 4.78 is 5.22. The van der Waals surface area contributed by atoms with Crippen LogP contribution in [0.5, 0.6) is 0 Å². The van der Waals surface area contributed by atoms with Crippen molar-refractivity contribution in [3.8, 4) is 0 Å². The van der Waals surface area contributed by atoms with Gasteiger partial charge >= 0.3 is 0 Å². The first-order valence-corrected chi connectivity index (χ1v) is 6.29. The molecule has 0 radical (unpaired) electrons. The molecule has 0 aromatic heterocycles. The predicted octanol–water partition coefficient (Wildman–Crippen LogP) is 1.28. The minimum absolute atomic E-state index is 0.422. The zero-order chi connectivity index (χ0) is 12.1. The second-order valence-corrected chi connectivity index (χ2v) is 4.69. The van der Waals surface area contributed by atoms with Crippen LogP contribution in [0.4, 0.5) is 0 Å². The summed E-state index contributed by atoms with van der Waals surface area (Å²) in [6.07, 6.45) is 1.17. The highest BCUT2D eigenvalue weighted by atomic mass is 16.5. The summed E-state index contributed by atoms with van der Waals surface area (Å²) in [5.41, 5.74) is 2.99. The Bertz CT molecular complexity index is 354. The van der Waals surface area contributed by atoms with Gasteiger partial charge in [0.2, 0.25) is 0 Å². The van der Waals surface area contributed by atoms with Crippen molar-refractivity contribution in [2.24, 2.45) is 0 Å². The molecule has 1 heterocycles. The Morgan fingerprint density at radius 1 is 1.35 bits per heavy atom. The molecule has 1 unspecified atom stereocenters. The van der Waals surface area contributed by atoms with Crippen molar-refractivity contribution in [3.05, 3.63) is 35.4 Å². The Balaban J connectivity index is 1.93. The summed E-state index contributed by atoms with van der Waals surface area (Å²) >= 11 is 0. The predicted molar refractivity (Wildman–Crippen MR) is 70.1 cm³/mol. The van der Waals surface area contributed by atoms with Crippen LogP contribution in [0.15, 0.2) is 24.3 Å². The standard InChI is InChI=1S/C14H22N2O/c1-15-14(11-17-2)10-16-8-7-12-5-3-4-6-13(12)9-16/h3-6,14-15H,7-11H2,1-2H3. The van der Waals surface area contributed by atoms with Crippen molar-refractivity contribution >= 4 is 0 Å². The minimum Gasteiger partial charge on any atom is -0.383 e. The second kappa shape index (κ2) is 6.15. The maximum Gasteiger partial charge on any atom is 0.0628 e. The van der Waals surface area contributed by atoms with Crippen molar-refractivity contribution in [3.63, 3.8) is 0 Å². The maximum atomic E-state index is 5.22. The first kappa shape index (κ1) is 12.6. The fourth-order valence-corrected chi connectivity index (χ4v) is 2.45. The van der Waals surface area contributed by atoms with Crippen LogP contribution in [-0.4, -0.2) is 44.8 Å². The van der Waals surface area contributed by atoms with Crippen molar-refractivity contribution in [2.75, 3.05) is 33.9 Å². The molecule has 0 saturated carbocycles. The average molecular weight is 234 g/mol. The molecular weight excluding hydrogens is 212 g/mol. The highest BCUT2D eigenvalue weighted by Gasteiger charge is 2.18. The van der Waals surface area contributed by atoms with Crippen molar-refractivity contribution in [2.45, 2.75) is 19.0 Å². The van der Waals surface area contributed by atoms with Crippen LogP contribution in [-0.2, 0) is 17.7 Å². The number of nitrogens with one attached hydrogen (secondary N) is 1. The Kier molecular flexibility index (Phi) is 4.54. The molecule has 0 aliphatic carbocycles. The van der Waals surface area contributed by atoms with Crippen LogP contribution in [0.1, 0.15) is 11.1 Å². The van der Waals surface area contributed by atoms with E-state index in [0.717, 1.165) is 26.2 Å². The number of ether oxygens (including phenoxy) is 1. The summed E-state index contributed by atoms with van der Waals surface area (Å²) in [6, 6.07) is 9.18. The van der Waals surface area contributed by atoms with E-state index < -0.39 is 0 Å². The molecule has 94 valence electrons. The van der Waals surface area contributed by atoms with Gasteiger partial charge in [0.05, 0.1) is 6.61 Å². The fraction of sp³-hybridized carbons (Fsp3) is 0.571. The average Bonchev–Trinajstić information content (AvgIpc) is 2.38. The number of likely N-dealkylation sites (N-methyl/N-ethyl adjacent to an activating group) is 1. The quantitative estimate of drug-likeness (QED) is 0.830. The lowest BCUT2D eigenvalue weighted by Gasteiger charge is -2.31. The van der Waals surface area contributed by atoms with Gasteiger partial charge in [-0.3, -0.25) is 4.90 Å². The van der Waals surface area contributed by atoms with E-state index >= 15 is 0 Å². The van der Waals surface area contributed by atoms with Gasteiger partial charge in [0, 0.05) is 32.8 Å². The van der Waals surface area contributed by atoms with Crippen LogP contribution in [0, 0.1) is 0 Å². The van der Waals surface area contributed by atoms with Crippen molar-refractivity contribution in [1.29, 1.82) is 0 Å². The number of fused-ring (bicyclic) bond motifs is 1. The third-order valence-electron chi connectivity index (χ3n) is 3.46. The van der Waals surface area contributed by atoms with Gasteiger partial charge in [-0.05, 0) is 24.6 Å². The highest BCUT2D eigenvalue weighted by Crippen LogP contribution is 2.18. The Hall–Kier alpha value is -0.900. The third kappa shape index (κ3) is 3.28. The van der Waals surface area contributed by atoms with Gasteiger partial charge in [0.1, 0.15) is 0 Å². The zero-order valence-corrected chi connectivity index (χ0v) is 10.8. The van der Waals surface area contributed by atoms with E-state index in [1.807, 2.05) is 7.05 Å². The van der Waals surface area contributed by atoms with Crippen molar-refractivity contribution in [1.82, 2.24) is 10.2 Å². The van der Waals surface area contributed by atoms with Gasteiger partial charge in [-0.2, -0.15) is 0 Å². The third-order valence-corrected chi connectivity index (χ3v) is 3.46. The summed E-state index contributed by atoms with van der Waals surface area (Å²) in [4.78, 5) is 2.50. The van der Waals surface area contributed by atoms with E-state index in [1.165, 1.54) is 17.5 Å². The second-order valence-electron chi connectivity index (χ2n) is 4.69. The molecule has 17 heavy (non-hydrogen) atoms. The van der Waals surface area contributed by atoms with Crippen molar-refractivity contribution < 1.29 is 4.74 Å². The minimum atomic E-state index is 0.422. The zero-order valence-electron chi connectivity index (χ0n) is 10.8. The van der Waals surface area contributed by atoms with Crippen LogP contribution < -0.4 is 5.32 Å². The number of rotatable bonds is 5. The molecule has 3 heteroatoms. The molecule has 0 fully saturated rings. The molecule has 3 nitrogen and oxygen atoms in total. The Morgan fingerprint density at radius 2 is 2.12 bits per heavy atom. The molecule has 0 amide bonds. The maximum absolute atomic E-state index is 5.22. The Morgan fingerprint density at radius 3 is 2.82 bits per heavy atom. The summed E-state index contributed by atoms with van der Waals surface area (Å²) in [7, 11) is 3.76. The number of hydrogen-bond acceptors (Lipinski definition) is 3. The van der Waals surface area contributed by atoms with Crippen LogP contribution in [0.3, 0.4) is 0 Å². The lowest BCUT2D eigenvalue weighted by atomic mass is 9.99. The smallest absolute Gasteiger partial charge is 0.0628 e. The van der Waals surface area contributed by atoms with E-state index in [4.69, 9.17) is 4.74 Å². The van der Waals surface area contributed by atoms with Gasteiger partial charge in [0.15, 0.2) is 0 Å². The molecule has 1 aliphatic rings. The van der Waals surface area contributed by atoms with Crippen LogP contribution in [0.2, 0.25) is 0 Å². The number of methoxy groups -OCH3 is 1. The topological polar surface area (TPSA) is 24.5 Å². The van der Waals surface area contributed by atoms with E-state index in [9.17, 15) is 0 Å². The first-order chi connectivity index (χ1) is 8.33. The van der Waals surface area contributed by atoms with E-state index in [2.05, 4.69) is 34.5 Å². The highest BCUT2D eigenvalue weighted by molar-refractivity contribution is 5.29.